The smallest absolute Gasteiger partial charge is 0.126 e. The summed E-state index contributed by atoms with van der Waals surface area (Å²) in [5.74, 6) is 0. The Bertz CT molecular complexity index is 1160. The number of thiophene rings is 1. The van der Waals surface area contributed by atoms with Crippen molar-refractivity contribution in [2.24, 2.45) is 0 Å². The number of fused-ring (bicyclic) bond motifs is 1. The second-order valence-electron chi connectivity index (χ2n) is 6.79. The molecule has 5 nitrogen and oxygen atoms in total. The fourth-order valence-electron chi connectivity index (χ4n) is 3.12. The van der Waals surface area contributed by atoms with E-state index < -0.39 is 0 Å². The molecule has 0 saturated heterocycles. The zero-order chi connectivity index (χ0) is 19.5. The maximum absolute atomic E-state index is 9.56. The molecule has 0 bridgehead atoms. The third kappa shape index (κ3) is 3.72. The molecule has 28 heavy (non-hydrogen) atoms. The van der Waals surface area contributed by atoms with Crippen molar-refractivity contribution >= 4 is 32.9 Å². The Morgan fingerprint density at radius 1 is 1.14 bits per heavy atom. The molecule has 0 aliphatic rings. The Balaban J connectivity index is 1.79. The lowest BCUT2D eigenvalue weighted by Crippen LogP contribution is -2.10. The van der Waals surface area contributed by atoms with E-state index in [0.29, 0.717) is 5.56 Å². The second-order valence-corrected chi connectivity index (χ2v) is 7.82. The van der Waals surface area contributed by atoms with E-state index in [2.05, 4.69) is 70.7 Å². The second kappa shape index (κ2) is 7.77. The van der Waals surface area contributed by atoms with Crippen molar-refractivity contribution in [2.45, 2.75) is 6.54 Å². The van der Waals surface area contributed by atoms with Gasteiger partial charge < -0.3 is 10.2 Å². The van der Waals surface area contributed by atoms with Gasteiger partial charge in [-0.2, -0.15) is 5.26 Å². The number of anilines is 2. The SMILES string of the molecule is CN(C)Cc1cccc(-c2cc3c(Nc4ccncc4)c(C#N)cnc3s2)c1. The number of hydrogen-bond donors (Lipinski definition) is 1. The van der Waals surface area contributed by atoms with Gasteiger partial charge in [-0.05, 0) is 49.5 Å². The van der Waals surface area contributed by atoms with Crippen LogP contribution in [0.25, 0.3) is 20.7 Å². The molecule has 0 spiro atoms. The predicted octanol–water partition coefficient (Wildman–Crippen LogP) is 5.04. The van der Waals surface area contributed by atoms with Gasteiger partial charge in [0.25, 0.3) is 0 Å². The summed E-state index contributed by atoms with van der Waals surface area (Å²) in [5, 5.41) is 13.9. The highest BCUT2D eigenvalue weighted by molar-refractivity contribution is 7.21. The molecule has 138 valence electrons. The van der Waals surface area contributed by atoms with Gasteiger partial charge in [0.05, 0.1) is 11.3 Å². The van der Waals surface area contributed by atoms with E-state index in [1.54, 1.807) is 29.9 Å². The number of aromatic nitrogens is 2. The highest BCUT2D eigenvalue weighted by atomic mass is 32.1. The van der Waals surface area contributed by atoms with Crippen molar-refractivity contribution in [2.75, 3.05) is 19.4 Å². The standard InChI is InChI=1S/C22H19N5S/c1-27(2)14-15-4-3-5-16(10-15)20-11-19-21(26-18-6-8-24-9-7-18)17(12-23)13-25-22(19)28-20/h3-11,13H,14H2,1-2H3,(H,24,25,26). The minimum absolute atomic E-state index is 0.523. The van der Waals surface area contributed by atoms with Gasteiger partial charge in [0.1, 0.15) is 10.9 Å². The molecule has 0 aliphatic carbocycles. The Hall–Kier alpha value is -3.27. The largest absolute Gasteiger partial charge is 0.354 e. The van der Waals surface area contributed by atoms with Gasteiger partial charge in [0.2, 0.25) is 0 Å². The molecule has 0 atom stereocenters. The van der Waals surface area contributed by atoms with E-state index in [0.717, 1.165) is 38.6 Å². The van der Waals surface area contributed by atoms with E-state index >= 15 is 0 Å². The van der Waals surface area contributed by atoms with E-state index in [1.807, 2.05) is 12.1 Å². The molecule has 0 amide bonds. The first-order chi connectivity index (χ1) is 13.6. The van der Waals surface area contributed by atoms with Gasteiger partial charge in [0.15, 0.2) is 0 Å². The third-order valence-corrected chi connectivity index (χ3v) is 5.43. The fourth-order valence-corrected chi connectivity index (χ4v) is 4.12. The van der Waals surface area contributed by atoms with Crippen LogP contribution in [-0.2, 0) is 6.54 Å². The van der Waals surface area contributed by atoms with Crippen LogP contribution >= 0.6 is 11.3 Å². The molecule has 0 radical (unpaired) electrons. The van der Waals surface area contributed by atoms with Crippen LogP contribution in [0.3, 0.4) is 0 Å². The van der Waals surface area contributed by atoms with E-state index in [9.17, 15) is 5.26 Å². The summed E-state index contributed by atoms with van der Waals surface area (Å²) < 4.78 is 0. The van der Waals surface area contributed by atoms with Crippen LogP contribution in [0.15, 0.2) is 61.1 Å². The number of nitrogens with one attached hydrogen (secondary N) is 1. The molecule has 0 fully saturated rings. The van der Waals surface area contributed by atoms with E-state index in [1.165, 1.54) is 5.56 Å². The van der Waals surface area contributed by atoms with Crippen LogP contribution in [0.1, 0.15) is 11.1 Å². The molecule has 1 aromatic carbocycles. The number of hydrogen-bond acceptors (Lipinski definition) is 6. The van der Waals surface area contributed by atoms with Crippen LogP contribution in [0.2, 0.25) is 0 Å². The van der Waals surface area contributed by atoms with Gasteiger partial charge in [-0.15, -0.1) is 11.3 Å². The first kappa shape index (κ1) is 18.1. The Morgan fingerprint density at radius 2 is 1.96 bits per heavy atom. The maximum atomic E-state index is 9.56. The summed E-state index contributed by atoms with van der Waals surface area (Å²) in [6.07, 6.45) is 5.08. The van der Waals surface area contributed by atoms with Crippen molar-refractivity contribution in [1.29, 1.82) is 5.26 Å². The average molecular weight is 385 g/mol. The van der Waals surface area contributed by atoms with Crippen molar-refractivity contribution < 1.29 is 0 Å². The summed E-state index contributed by atoms with van der Waals surface area (Å²) in [6.45, 7) is 0.893. The Kier molecular flexibility index (Phi) is 5.02. The number of nitriles is 1. The Morgan fingerprint density at radius 3 is 2.71 bits per heavy atom. The number of nitrogens with zero attached hydrogens (tertiary/aromatic N) is 4. The number of benzene rings is 1. The number of pyridine rings is 2. The maximum Gasteiger partial charge on any atom is 0.126 e. The molecule has 6 heteroatoms. The molecule has 0 saturated carbocycles. The van der Waals surface area contributed by atoms with Crippen LogP contribution in [0.4, 0.5) is 11.4 Å². The summed E-state index contributed by atoms with van der Waals surface area (Å²) in [5.41, 5.74) is 4.62. The lowest BCUT2D eigenvalue weighted by molar-refractivity contribution is 0.402. The van der Waals surface area contributed by atoms with Crippen molar-refractivity contribution in [1.82, 2.24) is 14.9 Å². The topological polar surface area (TPSA) is 64.8 Å². The van der Waals surface area contributed by atoms with Crippen LogP contribution in [-0.4, -0.2) is 29.0 Å². The average Bonchev–Trinajstić information content (AvgIpc) is 3.14. The lowest BCUT2D eigenvalue weighted by atomic mass is 10.1. The highest BCUT2D eigenvalue weighted by Crippen LogP contribution is 2.38. The van der Waals surface area contributed by atoms with Gasteiger partial charge in [-0.1, -0.05) is 18.2 Å². The molecule has 3 aromatic heterocycles. The van der Waals surface area contributed by atoms with Crippen LogP contribution < -0.4 is 5.32 Å². The van der Waals surface area contributed by atoms with Crippen LogP contribution in [0, 0.1) is 11.3 Å². The zero-order valence-corrected chi connectivity index (χ0v) is 16.5. The number of rotatable bonds is 5. The van der Waals surface area contributed by atoms with E-state index in [4.69, 9.17) is 0 Å². The van der Waals surface area contributed by atoms with Gasteiger partial charge in [0, 0.05) is 41.1 Å². The quantitative estimate of drug-likeness (QED) is 0.522. The summed E-state index contributed by atoms with van der Waals surface area (Å²) in [4.78, 5) is 12.7. The van der Waals surface area contributed by atoms with Gasteiger partial charge in [-0.3, -0.25) is 4.98 Å². The molecule has 0 aliphatic heterocycles. The molecule has 3 heterocycles. The van der Waals surface area contributed by atoms with Crippen molar-refractivity contribution in [3.8, 4) is 16.5 Å². The third-order valence-electron chi connectivity index (χ3n) is 4.34. The van der Waals surface area contributed by atoms with Crippen molar-refractivity contribution in [3.05, 3.63) is 72.2 Å². The molecular formula is C22H19N5S. The van der Waals surface area contributed by atoms with Crippen LogP contribution in [0.5, 0.6) is 0 Å². The summed E-state index contributed by atoms with van der Waals surface area (Å²) in [7, 11) is 4.13. The highest BCUT2D eigenvalue weighted by Gasteiger charge is 2.14. The zero-order valence-electron chi connectivity index (χ0n) is 15.7. The van der Waals surface area contributed by atoms with Gasteiger partial charge in [-0.25, -0.2) is 4.98 Å². The monoisotopic (exact) mass is 385 g/mol. The lowest BCUT2D eigenvalue weighted by Gasteiger charge is -2.10. The normalized spacial score (nSPS) is 10.9. The van der Waals surface area contributed by atoms with E-state index in [-0.39, 0.29) is 0 Å². The summed E-state index contributed by atoms with van der Waals surface area (Å²) >= 11 is 1.64. The van der Waals surface area contributed by atoms with Gasteiger partial charge >= 0.3 is 0 Å². The first-order valence-electron chi connectivity index (χ1n) is 8.88. The Labute approximate surface area is 167 Å². The molecular weight excluding hydrogens is 366 g/mol. The minimum Gasteiger partial charge on any atom is -0.354 e. The first-order valence-corrected chi connectivity index (χ1v) is 9.69. The molecule has 1 N–H and O–H groups in total. The fraction of sp³-hybridized carbons (Fsp3) is 0.136. The molecule has 4 rings (SSSR count). The summed E-state index contributed by atoms with van der Waals surface area (Å²) in [6, 6.07) is 16.7. The van der Waals surface area contributed by atoms with Crippen molar-refractivity contribution in [3.63, 3.8) is 0 Å². The minimum atomic E-state index is 0.523. The molecule has 4 aromatic rings. The predicted molar refractivity (Wildman–Crippen MR) is 115 cm³/mol. The molecule has 0 unspecified atom stereocenters.